The van der Waals surface area contributed by atoms with Crippen LogP contribution in [-0.2, 0) is 11.2 Å². The van der Waals surface area contributed by atoms with Gasteiger partial charge in [-0.15, -0.1) is 0 Å². The van der Waals surface area contributed by atoms with Gasteiger partial charge in [-0.25, -0.2) is 0 Å². The van der Waals surface area contributed by atoms with Crippen LogP contribution in [0.15, 0.2) is 65.5 Å². The molecule has 3 aromatic rings. The Bertz CT molecular complexity index is 732. The van der Waals surface area contributed by atoms with Gasteiger partial charge in [0.05, 0.1) is 19.8 Å². The van der Waals surface area contributed by atoms with Crippen LogP contribution < -0.4 is 10.1 Å². The first-order valence-corrected chi connectivity index (χ1v) is 7.68. The summed E-state index contributed by atoms with van der Waals surface area (Å²) in [4.78, 5) is 12.2. The maximum atomic E-state index is 12.2. The Morgan fingerprint density at radius 2 is 2.25 bits per heavy atom. The van der Waals surface area contributed by atoms with Crippen molar-refractivity contribution in [3.05, 3.63) is 72.4 Å². The standard InChI is InChI=1S/C18H19N3O3/c1-23-15-6-2-5-14(11-15)12-18(22)19-13-16(17-7-3-10-24-17)21-9-4-8-20-21/h2-11,16H,12-13H2,1H3,(H,19,22). The van der Waals surface area contributed by atoms with E-state index in [0.717, 1.165) is 17.1 Å². The lowest BCUT2D eigenvalue weighted by molar-refractivity contribution is -0.120. The molecule has 0 fully saturated rings. The van der Waals surface area contributed by atoms with Crippen molar-refractivity contribution in [2.24, 2.45) is 0 Å². The number of nitrogens with one attached hydrogen (secondary N) is 1. The maximum Gasteiger partial charge on any atom is 0.224 e. The summed E-state index contributed by atoms with van der Waals surface area (Å²) in [6.45, 7) is 0.401. The lowest BCUT2D eigenvalue weighted by Crippen LogP contribution is -2.32. The van der Waals surface area contributed by atoms with Crippen molar-refractivity contribution in [2.45, 2.75) is 12.5 Å². The first-order chi connectivity index (χ1) is 11.8. The minimum Gasteiger partial charge on any atom is -0.497 e. The van der Waals surface area contributed by atoms with Gasteiger partial charge in [0.15, 0.2) is 0 Å². The predicted octanol–water partition coefficient (Wildman–Crippen LogP) is 2.43. The quantitative estimate of drug-likeness (QED) is 0.724. The molecule has 0 spiro atoms. The average molecular weight is 325 g/mol. The highest BCUT2D eigenvalue weighted by atomic mass is 16.5. The highest BCUT2D eigenvalue weighted by molar-refractivity contribution is 5.78. The third-order valence-corrected chi connectivity index (χ3v) is 3.71. The van der Waals surface area contributed by atoms with Crippen LogP contribution in [0.1, 0.15) is 17.4 Å². The fourth-order valence-electron chi connectivity index (χ4n) is 2.51. The molecule has 0 saturated heterocycles. The van der Waals surface area contributed by atoms with Gasteiger partial charge in [-0.2, -0.15) is 5.10 Å². The summed E-state index contributed by atoms with van der Waals surface area (Å²) >= 11 is 0. The van der Waals surface area contributed by atoms with Crippen molar-refractivity contribution < 1.29 is 13.9 Å². The SMILES string of the molecule is COc1cccc(CC(=O)NCC(c2ccco2)n2cccn2)c1. The molecule has 1 aromatic carbocycles. The molecule has 0 aliphatic rings. The van der Waals surface area contributed by atoms with Crippen molar-refractivity contribution in [1.29, 1.82) is 0 Å². The number of methoxy groups -OCH3 is 1. The van der Waals surface area contributed by atoms with Gasteiger partial charge in [0.1, 0.15) is 17.6 Å². The summed E-state index contributed by atoms with van der Waals surface area (Å²) in [5, 5.41) is 7.19. The van der Waals surface area contributed by atoms with Crippen LogP contribution >= 0.6 is 0 Å². The van der Waals surface area contributed by atoms with Gasteiger partial charge in [0, 0.05) is 18.9 Å². The Morgan fingerprint density at radius 3 is 2.96 bits per heavy atom. The van der Waals surface area contributed by atoms with Crippen LogP contribution in [0.5, 0.6) is 5.75 Å². The molecule has 2 heterocycles. The van der Waals surface area contributed by atoms with E-state index in [1.165, 1.54) is 0 Å². The number of hydrogen-bond donors (Lipinski definition) is 1. The van der Waals surface area contributed by atoms with Crippen molar-refractivity contribution in [3.63, 3.8) is 0 Å². The highest BCUT2D eigenvalue weighted by Gasteiger charge is 2.18. The first-order valence-electron chi connectivity index (χ1n) is 7.68. The number of rotatable bonds is 7. The van der Waals surface area contributed by atoms with Gasteiger partial charge in [0.2, 0.25) is 5.91 Å². The fourth-order valence-corrected chi connectivity index (χ4v) is 2.51. The largest absolute Gasteiger partial charge is 0.497 e. The zero-order chi connectivity index (χ0) is 16.8. The Balaban J connectivity index is 1.63. The Hall–Kier alpha value is -3.02. The van der Waals surface area contributed by atoms with Gasteiger partial charge < -0.3 is 14.5 Å². The van der Waals surface area contributed by atoms with E-state index >= 15 is 0 Å². The predicted molar refractivity (Wildman–Crippen MR) is 88.8 cm³/mol. The second kappa shape index (κ2) is 7.50. The molecule has 1 amide bonds. The van der Waals surface area contributed by atoms with E-state index in [0.29, 0.717) is 13.0 Å². The molecule has 0 saturated carbocycles. The monoisotopic (exact) mass is 325 g/mol. The van der Waals surface area contributed by atoms with Crippen LogP contribution in [0.25, 0.3) is 0 Å². The van der Waals surface area contributed by atoms with E-state index in [2.05, 4.69) is 10.4 Å². The second-order valence-corrected chi connectivity index (χ2v) is 5.35. The summed E-state index contributed by atoms with van der Waals surface area (Å²) in [7, 11) is 1.61. The van der Waals surface area contributed by atoms with Gasteiger partial charge in [-0.3, -0.25) is 9.48 Å². The molecular weight excluding hydrogens is 306 g/mol. The zero-order valence-electron chi connectivity index (χ0n) is 13.4. The Morgan fingerprint density at radius 1 is 1.33 bits per heavy atom. The summed E-state index contributed by atoms with van der Waals surface area (Å²) < 4.78 is 12.4. The van der Waals surface area contributed by atoms with E-state index in [4.69, 9.17) is 9.15 Å². The van der Waals surface area contributed by atoms with Crippen molar-refractivity contribution >= 4 is 5.91 Å². The van der Waals surface area contributed by atoms with E-state index in [9.17, 15) is 4.79 Å². The molecule has 0 aliphatic carbocycles. The van der Waals surface area contributed by atoms with Crippen molar-refractivity contribution in [2.75, 3.05) is 13.7 Å². The number of ether oxygens (including phenoxy) is 1. The molecule has 1 unspecified atom stereocenters. The van der Waals surface area contributed by atoms with Crippen LogP contribution in [-0.4, -0.2) is 29.3 Å². The third-order valence-electron chi connectivity index (χ3n) is 3.71. The number of hydrogen-bond acceptors (Lipinski definition) is 4. The maximum absolute atomic E-state index is 12.2. The lowest BCUT2D eigenvalue weighted by atomic mass is 10.1. The van der Waals surface area contributed by atoms with E-state index in [1.807, 2.05) is 48.7 Å². The van der Waals surface area contributed by atoms with Crippen LogP contribution in [0.3, 0.4) is 0 Å². The average Bonchev–Trinajstić information content (AvgIpc) is 3.29. The summed E-state index contributed by atoms with van der Waals surface area (Å²) in [5.74, 6) is 1.43. The van der Waals surface area contributed by atoms with E-state index < -0.39 is 0 Å². The molecule has 6 heteroatoms. The molecule has 124 valence electrons. The highest BCUT2D eigenvalue weighted by Crippen LogP contribution is 2.17. The molecule has 0 aliphatic heterocycles. The second-order valence-electron chi connectivity index (χ2n) is 5.35. The molecule has 1 N–H and O–H groups in total. The molecule has 0 radical (unpaired) electrons. The van der Waals surface area contributed by atoms with Gasteiger partial charge in [-0.05, 0) is 35.9 Å². The van der Waals surface area contributed by atoms with Gasteiger partial charge in [-0.1, -0.05) is 12.1 Å². The van der Waals surface area contributed by atoms with E-state index in [-0.39, 0.29) is 11.9 Å². The molecule has 0 bridgehead atoms. The number of carbonyl (C=O) groups excluding carboxylic acids is 1. The normalized spacial score (nSPS) is 11.9. The van der Waals surface area contributed by atoms with Crippen LogP contribution in [0, 0.1) is 0 Å². The molecule has 3 rings (SSSR count). The Labute approximate surface area is 140 Å². The molecule has 6 nitrogen and oxygen atoms in total. The number of nitrogens with zero attached hydrogens (tertiary/aromatic N) is 2. The van der Waals surface area contributed by atoms with Crippen molar-refractivity contribution in [1.82, 2.24) is 15.1 Å². The number of amides is 1. The minimum atomic E-state index is -0.177. The van der Waals surface area contributed by atoms with Gasteiger partial charge >= 0.3 is 0 Å². The van der Waals surface area contributed by atoms with Crippen molar-refractivity contribution in [3.8, 4) is 5.75 Å². The zero-order valence-corrected chi connectivity index (χ0v) is 13.4. The van der Waals surface area contributed by atoms with E-state index in [1.54, 1.807) is 24.3 Å². The van der Waals surface area contributed by atoms with Crippen LogP contribution in [0.2, 0.25) is 0 Å². The fraction of sp³-hybridized carbons (Fsp3) is 0.222. The summed E-state index contributed by atoms with van der Waals surface area (Å²) in [6.07, 6.45) is 5.46. The smallest absolute Gasteiger partial charge is 0.224 e. The lowest BCUT2D eigenvalue weighted by Gasteiger charge is -2.16. The summed E-state index contributed by atoms with van der Waals surface area (Å²) in [5.41, 5.74) is 0.903. The molecule has 24 heavy (non-hydrogen) atoms. The molecule has 1 atom stereocenters. The van der Waals surface area contributed by atoms with Gasteiger partial charge in [0.25, 0.3) is 0 Å². The summed E-state index contributed by atoms with van der Waals surface area (Å²) in [6, 6.07) is 12.8. The van der Waals surface area contributed by atoms with Crippen LogP contribution in [0.4, 0.5) is 0 Å². The number of benzene rings is 1. The topological polar surface area (TPSA) is 69.3 Å². The minimum absolute atomic E-state index is 0.0630. The first kappa shape index (κ1) is 15.9. The molecular formula is C18H19N3O3. The number of carbonyl (C=O) groups is 1. The molecule has 2 aromatic heterocycles. The Kier molecular flexibility index (Phi) is 4.96. The number of aromatic nitrogens is 2. The third kappa shape index (κ3) is 3.84. The number of furan rings is 1.